The van der Waals surface area contributed by atoms with Crippen molar-refractivity contribution in [2.75, 3.05) is 19.7 Å². The first-order valence-corrected chi connectivity index (χ1v) is 9.26. The van der Waals surface area contributed by atoms with Gasteiger partial charge in [0.1, 0.15) is 5.60 Å². The molecule has 1 aliphatic heterocycles. The van der Waals surface area contributed by atoms with E-state index in [1.54, 1.807) is 0 Å². The Hall–Kier alpha value is -0.810. The molecular weight excluding hydrogens is 292 g/mol. The molecule has 3 atom stereocenters. The maximum atomic E-state index is 11.8. The van der Waals surface area contributed by atoms with E-state index in [-0.39, 0.29) is 6.09 Å². The molecule has 0 spiro atoms. The maximum absolute atomic E-state index is 11.8. The third kappa shape index (κ3) is 7.08. The van der Waals surface area contributed by atoms with E-state index in [1.165, 1.54) is 38.5 Å². The number of alkyl carbamates (subject to hydrolysis) is 1. The molecule has 23 heavy (non-hydrogen) atoms. The standard InChI is InChI=1S/C18H34N2O3/c1-18(2,3)23-17(21)20-13-14-7-6-9-16(14)19-11-10-15-8-4-5-12-22-15/h14-16,19H,4-13H2,1-3H3,(H,20,21). The molecule has 5 nitrogen and oxygen atoms in total. The molecule has 5 heteroatoms. The van der Waals surface area contributed by atoms with Crippen molar-refractivity contribution in [1.29, 1.82) is 0 Å². The van der Waals surface area contributed by atoms with E-state index >= 15 is 0 Å². The summed E-state index contributed by atoms with van der Waals surface area (Å²) in [5.74, 6) is 0.509. The Kier molecular flexibility index (Phi) is 7.15. The zero-order chi connectivity index (χ0) is 16.7. The molecule has 1 saturated heterocycles. The third-order valence-corrected chi connectivity index (χ3v) is 4.71. The van der Waals surface area contributed by atoms with Gasteiger partial charge in [-0.25, -0.2) is 4.79 Å². The van der Waals surface area contributed by atoms with E-state index in [4.69, 9.17) is 9.47 Å². The van der Waals surface area contributed by atoms with Crippen LogP contribution in [0.1, 0.15) is 65.7 Å². The number of nitrogens with one attached hydrogen (secondary N) is 2. The van der Waals surface area contributed by atoms with Crippen LogP contribution in [0, 0.1) is 5.92 Å². The monoisotopic (exact) mass is 326 g/mol. The molecular formula is C18H34N2O3. The van der Waals surface area contributed by atoms with Gasteiger partial charge in [0.05, 0.1) is 6.10 Å². The van der Waals surface area contributed by atoms with Crippen LogP contribution in [-0.4, -0.2) is 43.5 Å². The molecule has 0 aromatic rings. The smallest absolute Gasteiger partial charge is 0.407 e. The van der Waals surface area contributed by atoms with Crippen LogP contribution in [0.15, 0.2) is 0 Å². The average molecular weight is 326 g/mol. The van der Waals surface area contributed by atoms with Gasteiger partial charge in [-0.15, -0.1) is 0 Å². The minimum absolute atomic E-state index is 0.307. The molecule has 0 aromatic heterocycles. The summed E-state index contributed by atoms with van der Waals surface area (Å²) in [5, 5.41) is 6.60. The van der Waals surface area contributed by atoms with Gasteiger partial charge >= 0.3 is 6.09 Å². The van der Waals surface area contributed by atoms with Crippen LogP contribution in [0.3, 0.4) is 0 Å². The Morgan fingerprint density at radius 3 is 2.70 bits per heavy atom. The molecule has 1 heterocycles. The fraction of sp³-hybridized carbons (Fsp3) is 0.944. The van der Waals surface area contributed by atoms with Crippen molar-refractivity contribution in [1.82, 2.24) is 10.6 Å². The Labute approximate surface area is 140 Å². The van der Waals surface area contributed by atoms with Crippen molar-refractivity contribution >= 4 is 6.09 Å². The Morgan fingerprint density at radius 1 is 1.17 bits per heavy atom. The highest BCUT2D eigenvalue weighted by Gasteiger charge is 2.28. The van der Waals surface area contributed by atoms with Crippen LogP contribution in [0.25, 0.3) is 0 Å². The second-order valence-corrected chi connectivity index (χ2v) is 7.91. The van der Waals surface area contributed by atoms with Gasteiger partial charge in [0.2, 0.25) is 0 Å². The number of carbonyl (C=O) groups is 1. The fourth-order valence-electron chi connectivity index (χ4n) is 3.54. The quantitative estimate of drug-likeness (QED) is 0.787. The maximum Gasteiger partial charge on any atom is 0.407 e. The molecule has 2 N–H and O–H groups in total. The minimum Gasteiger partial charge on any atom is -0.444 e. The van der Waals surface area contributed by atoms with Crippen LogP contribution in [0.4, 0.5) is 4.79 Å². The van der Waals surface area contributed by atoms with Crippen LogP contribution in [0.2, 0.25) is 0 Å². The van der Waals surface area contributed by atoms with Gasteiger partial charge in [0.15, 0.2) is 0 Å². The van der Waals surface area contributed by atoms with E-state index < -0.39 is 5.60 Å². The van der Waals surface area contributed by atoms with Gasteiger partial charge < -0.3 is 20.1 Å². The largest absolute Gasteiger partial charge is 0.444 e. The molecule has 2 fully saturated rings. The van der Waals surface area contributed by atoms with Crippen LogP contribution < -0.4 is 10.6 Å². The number of hydrogen-bond donors (Lipinski definition) is 2. The average Bonchev–Trinajstić information content (AvgIpc) is 2.92. The lowest BCUT2D eigenvalue weighted by molar-refractivity contribution is 0.0110. The van der Waals surface area contributed by atoms with Gasteiger partial charge in [0.25, 0.3) is 0 Å². The lowest BCUT2D eigenvalue weighted by atomic mass is 10.0. The highest BCUT2D eigenvalue weighted by molar-refractivity contribution is 5.67. The predicted molar refractivity (Wildman–Crippen MR) is 91.6 cm³/mol. The van der Waals surface area contributed by atoms with Gasteiger partial charge in [-0.05, 0) is 71.8 Å². The first-order chi connectivity index (χ1) is 10.9. The van der Waals surface area contributed by atoms with Crippen molar-refractivity contribution < 1.29 is 14.3 Å². The molecule has 0 radical (unpaired) electrons. The Balaban J connectivity index is 1.63. The van der Waals surface area contributed by atoms with Crippen LogP contribution in [0.5, 0.6) is 0 Å². The Bertz CT molecular complexity index is 362. The van der Waals surface area contributed by atoms with Gasteiger partial charge in [-0.3, -0.25) is 0 Å². The van der Waals surface area contributed by atoms with Crippen LogP contribution >= 0.6 is 0 Å². The second-order valence-electron chi connectivity index (χ2n) is 7.91. The molecule has 134 valence electrons. The zero-order valence-electron chi connectivity index (χ0n) is 15.0. The summed E-state index contributed by atoms with van der Waals surface area (Å²) in [4.78, 5) is 11.8. The van der Waals surface area contributed by atoms with Crippen molar-refractivity contribution in [3.63, 3.8) is 0 Å². The first-order valence-electron chi connectivity index (χ1n) is 9.26. The highest BCUT2D eigenvalue weighted by atomic mass is 16.6. The summed E-state index contributed by atoms with van der Waals surface area (Å²) >= 11 is 0. The molecule has 0 aromatic carbocycles. The molecule has 1 amide bonds. The lowest BCUT2D eigenvalue weighted by Gasteiger charge is -2.26. The summed E-state index contributed by atoms with van der Waals surface area (Å²) in [6.07, 6.45) is 8.56. The van der Waals surface area contributed by atoms with Gasteiger partial charge in [0, 0.05) is 19.2 Å². The first kappa shape index (κ1) is 18.5. The van der Waals surface area contributed by atoms with Gasteiger partial charge in [-0.1, -0.05) is 6.42 Å². The topological polar surface area (TPSA) is 59.6 Å². The number of rotatable bonds is 6. The highest BCUT2D eigenvalue weighted by Crippen LogP contribution is 2.25. The van der Waals surface area contributed by atoms with E-state index in [0.717, 1.165) is 19.6 Å². The predicted octanol–water partition coefficient (Wildman–Crippen LogP) is 3.23. The molecule has 2 aliphatic rings. The molecule has 1 saturated carbocycles. The molecule has 2 rings (SSSR count). The van der Waals surface area contributed by atoms with Crippen molar-refractivity contribution in [2.45, 2.75) is 83.5 Å². The molecule has 1 aliphatic carbocycles. The summed E-state index contributed by atoms with van der Waals surface area (Å²) in [7, 11) is 0. The molecule has 3 unspecified atom stereocenters. The minimum atomic E-state index is -0.433. The summed E-state index contributed by atoms with van der Waals surface area (Å²) in [6, 6.07) is 0.508. The second kappa shape index (κ2) is 8.88. The SMILES string of the molecule is CC(C)(C)OC(=O)NCC1CCCC1NCCC1CCCCO1. The van der Waals surface area contributed by atoms with E-state index in [0.29, 0.717) is 24.6 Å². The summed E-state index contributed by atoms with van der Waals surface area (Å²) in [5.41, 5.74) is -0.433. The number of carbonyl (C=O) groups excluding carboxylic acids is 1. The Morgan fingerprint density at radius 2 is 2.00 bits per heavy atom. The lowest BCUT2D eigenvalue weighted by Crippen LogP contribution is -2.41. The summed E-state index contributed by atoms with van der Waals surface area (Å²) < 4.78 is 11.1. The van der Waals surface area contributed by atoms with Crippen molar-refractivity contribution in [3.8, 4) is 0 Å². The number of amides is 1. The fourth-order valence-corrected chi connectivity index (χ4v) is 3.54. The van der Waals surface area contributed by atoms with E-state index in [9.17, 15) is 4.79 Å². The van der Waals surface area contributed by atoms with E-state index in [1.807, 2.05) is 20.8 Å². The third-order valence-electron chi connectivity index (χ3n) is 4.71. The number of ether oxygens (including phenoxy) is 2. The summed E-state index contributed by atoms with van der Waals surface area (Å²) in [6.45, 7) is 8.31. The number of hydrogen-bond acceptors (Lipinski definition) is 4. The van der Waals surface area contributed by atoms with Crippen LogP contribution in [-0.2, 0) is 9.47 Å². The normalized spacial score (nSPS) is 28.6. The van der Waals surface area contributed by atoms with Gasteiger partial charge in [-0.2, -0.15) is 0 Å². The zero-order valence-corrected chi connectivity index (χ0v) is 15.0. The molecule has 0 bridgehead atoms. The van der Waals surface area contributed by atoms with Crippen molar-refractivity contribution in [3.05, 3.63) is 0 Å². The van der Waals surface area contributed by atoms with E-state index in [2.05, 4.69) is 10.6 Å². The van der Waals surface area contributed by atoms with Crippen molar-refractivity contribution in [2.24, 2.45) is 5.92 Å².